The van der Waals surface area contributed by atoms with E-state index >= 15 is 0 Å². The van der Waals surface area contributed by atoms with Crippen LogP contribution in [0.5, 0.6) is 0 Å². The van der Waals surface area contributed by atoms with Crippen LogP contribution in [0.2, 0.25) is 0 Å². The Kier molecular flexibility index (Phi) is 2.95. The number of rotatable bonds is 1. The number of nitrogens with one attached hydrogen (secondary N) is 2. The summed E-state index contributed by atoms with van der Waals surface area (Å²) in [4.78, 5) is 11.6. The van der Waals surface area contributed by atoms with Crippen molar-refractivity contribution in [2.75, 3.05) is 17.7 Å². The Morgan fingerprint density at radius 2 is 2.18 bits per heavy atom. The number of hydrogen-bond acceptors (Lipinski definition) is 5. The van der Waals surface area contributed by atoms with Crippen molar-refractivity contribution in [2.45, 2.75) is 24.8 Å². The molecule has 1 aliphatic heterocycles. The number of methoxy groups -OCH3 is 1. The fourth-order valence-electron chi connectivity index (χ4n) is 1.82. The molecule has 2 N–H and O–H groups in total. The minimum Gasteiger partial charge on any atom is -0.465 e. The summed E-state index contributed by atoms with van der Waals surface area (Å²) in [5.74, 6) is -0.351. The smallest absolute Gasteiger partial charge is 0.340 e. The van der Waals surface area contributed by atoms with Crippen LogP contribution in [0.4, 0.5) is 11.4 Å². The van der Waals surface area contributed by atoms with Gasteiger partial charge in [0.25, 0.3) is 0 Å². The van der Waals surface area contributed by atoms with Crippen LogP contribution in [0.3, 0.4) is 0 Å². The van der Waals surface area contributed by atoms with Gasteiger partial charge in [0.05, 0.1) is 35.0 Å². The quantitative estimate of drug-likeness (QED) is 0.530. The van der Waals surface area contributed by atoms with E-state index in [0.29, 0.717) is 5.56 Å². The minimum absolute atomic E-state index is 0.0826. The van der Waals surface area contributed by atoms with E-state index in [1.54, 1.807) is 6.07 Å². The Labute approximate surface area is 106 Å². The first-order valence-electron chi connectivity index (χ1n) is 5.40. The van der Waals surface area contributed by atoms with Gasteiger partial charge in [0.2, 0.25) is 0 Å². The molecule has 0 amide bonds. The molecule has 1 aromatic carbocycles. The standard InChI is InChI=1S/C12H16N2O2S/c1-12(2)11(17)13-9-7(10(15)16-3)5-4-6-8(9)14-12/h4-6,11,13-14,17H,1-3H3. The van der Waals surface area contributed by atoms with Gasteiger partial charge in [-0.1, -0.05) is 6.07 Å². The van der Waals surface area contributed by atoms with Gasteiger partial charge in [0.1, 0.15) is 0 Å². The Bertz CT molecular complexity index is 460. The van der Waals surface area contributed by atoms with Crippen LogP contribution in [0.25, 0.3) is 0 Å². The number of hydrogen-bond donors (Lipinski definition) is 3. The molecule has 92 valence electrons. The molecule has 1 atom stereocenters. The average Bonchev–Trinajstić information content (AvgIpc) is 2.28. The highest BCUT2D eigenvalue weighted by Gasteiger charge is 2.33. The van der Waals surface area contributed by atoms with Gasteiger partial charge in [-0.2, -0.15) is 12.6 Å². The molecule has 1 unspecified atom stereocenters. The zero-order valence-corrected chi connectivity index (χ0v) is 11.0. The molecule has 0 aromatic heterocycles. The van der Waals surface area contributed by atoms with Crippen molar-refractivity contribution in [3.8, 4) is 0 Å². The third-order valence-electron chi connectivity index (χ3n) is 2.89. The van der Waals surface area contributed by atoms with Crippen LogP contribution in [0, 0.1) is 0 Å². The molecule has 0 saturated carbocycles. The summed E-state index contributed by atoms with van der Waals surface area (Å²) < 4.78 is 4.76. The highest BCUT2D eigenvalue weighted by molar-refractivity contribution is 7.81. The lowest BCUT2D eigenvalue weighted by molar-refractivity contribution is 0.0601. The van der Waals surface area contributed by atoms with E-state index in [1.165, 1.54) is 7.11 Å². The maximum atomic E-state index is 11.6. The number of thiol groups is 1. The van der Waals surface area contributed by atoms with Crippen LogP contribution in [-0.2, 0) is 4.74 Å². The molecule has 5 heteroatoms. The highest BCUT2D eigenvalue weighted by Crippen LogP contribution is 2.37. The fourth-order valence-corrected chi connectivity index (χ4v) is 2.02. The second-order valence-electron chi connectivity index (χ2n) is 4.61. The number of ether oxygens (including phenoxy) is 1. The Morgan fingerprint density at radius 1 is 1.47 bits per heavy atom. The zero-order chi connectivity index (χ0) is 12.6. The van der Waals surface area contributed by atoms with Crippen LogP contribution in [0.15, 0.2) is 18.2 Å². The number of esters is 1. The van der Waals surface area contributed by atoms with Crippen molar-refractivity contribution in [2.24, 2.45) is 0 Å². The number of carbonyl (C=O) groups excluding carboxylic acids is 1. The third-order valence-corrected chi connectivity index (χ3v) is 3.67. The van der Waals surface area contributed by atoms with E-state index in [0.717, 1.165) is 11.4 Å². The topological polar surface area (TPSA) is 50.4 Å². The maximum absolute atomic E-state index is 11.6. The molecule has 0 spiro atoms. The van der Waals surface area contributed by atoms with E-state index < -0.39 is 0 Å². The first kappa shape index (κ1) is 12.1. The molecule has 0 fully saturated rings. The summed E-state index contributed by atoms with van der Waals surface area (Å²) in [5.41, 5.74) is 1.97. The third kappa shape index (κ3) is 2.07. The number of para-hydroxylation sites is 1. The Balaban J connectivity index is 2.47. The number of carbonyl (C=O) groups is 1. The van der Waals surface area contributed by atoms with Gasteiger partial charge in [-0.3, -0.25) is 0 Å². The molecular formula is C12H16N2O2S. The highest BCUT2D eigenvalue weighted by atomic mass is 32.1. The summed E-state index contributed by atoms with van der Waals surface area (Å²) in [6.07, 6.45) is 0. The summed E-state index contributed by atoms with van der Waals surface area (Å²) in [6.45, 7) is 4.09. The van der Waals surface area contributed by atoms with E-state index in [2.05, 4.69) is 23.3 Å². The molecule has 0 saturated heterocycles. The molecule has 17 heavy (non-hydrogen) atoms. The largest absolute Gasteiger partial charge is 0.465 e. The number of anilines is 2. The Hall–Kier alpha value is -1.36. The fraction of sp³-hybridized carbons (Fsp3) is 0.417. The van der Waals surface area contributed by atoms with Gasteiger partial charge < -0.3 is 15.4 Å². The second-order valence-corrected chi connectivity index (χ2v) is 5.13. The van der Waals surface area contributed by atoms with Crippen molar-refractivity contribution in [1.29, 1.82) is 0 Å². The molecule has 1 aliphatic rings. The first-order valence-corrected chi connectivity index (χ1v) is 5.91. The van der Waals surface area contributed by atoms with Crippen molar-refractivity contribution in [3.05, 3.63) is 23.8 Å². The van der Waals surface area contributed by atoms with Gasteiger partial charge >= 0.3 is 5.97 Å². The summed E-state index contributed by atoms with van der Waals surface area (Å²) >= 11 is 4.49. The molecule has 0 radical (unpaired) electrons. The normalized spacial score (nSPS) is 20.8. The number of fused-ring (bicyclic) bond motifs is 1. The van der Waals surface area contributed by atoms with E-state index in [-0.39, 0.29) is 16.9 Å². The molecule has 0 aliphatic carbocycles. The van der Waals surface area contributed by atoms with Crippen molar-refractivity contribution < 1.29 is 9.53 Å². The van der Waals surface area contributed by atoms with Gasteiger partial charge in [-0.15, -0.1) is 0 Å². The van der Waals surface area contributed by atoms with E-state index in [1.807, 2.05) is 26.0 Å². The summed E-state index contributed by atoms with van der Waals surface area (Å²) in [6, 6.07) is 5.49. The molecule has 0 bridgehead atoms. The molecule has 1 heterocycles. The molecule has 4 nitrogen and oxygen atoms in total. The van der Waals surface area contributed by atoms with E-state index in [4.69, 9.17) is 4.74 Å². The van der Waals surface area contributed by atoms with E-state index in [9.17, 15) is 4.79 Å². The van der Waals surface area contributed by atoms with Crippen LogP contribution >= 0.6 is 12.6 Å². The lowest BCUT2D eigenvalue weighted by Gasteiger charge is -2.40. The first-order chi connectivity index (χ1) is 7.95. The minimum atomic E-state index is -0.351. The Morgan fingerprint density at radius 3 is 2.82 bits per heavy atom. The van der Waals surface area contributed by atoms with Crippen LogP contribution < -0.4 is 10.6 Å². The van der Waals surface area contributed by atoms with Crippen molar-refractivity contribution >= 4 is 30.0 Å². The van der Waals surface area contributed by atoms with Gasteiger partial charge in [0.15, 0.2) is 0 Å². The molecular weight excluding hydrogens is 236 g/mol. The lowest BCUT2D eigenvalue weighted by atomic mass is 9.99. The van der Waals surface area contributed by atoms with Crippen LogP contribution in [-0.4, -0.2) is 24.0 Å². The molecule has 1 aromatic rings. The number of benzene rings is 1. The van der Waals surface area contributed by atoms with Gasteiger partial charge in [0, 0.05) is 0 Å². The average molecular weight is 252 g/mol. The zero-order valence-electron chi connectivity index (χ0n) is 10.1. The van der Waals surface area contributed by atoms with Gasteiger partial charge in [-0.05, 0) is 26.0 Å². The predicted octanol–water partition coefficient (Wildman–Crippen LogP) is 2.35. The van der Waals surface area contributed by atoms with Crippen molar-refractivity contribution in [3.63, 3.8) is 0 Å². The monoisotopic (exact) mass is 252 g/mol. The van der Waals surface area contributed by atoms with Crippen molar-refractivity contribution in [1.82, 2.24) is 0 Å². The summed E-state index contributed by atoms with van der Waals surface area (Å²) in [5, 5.41) is 6.51. The second kappa shape index (κ2) is 4.14. The van der Waals surface area contributed by atoms with Gasteiger partial charge in [-0.25, -0.2) is 4.79 Å². The maximum Gasteiger partial charge on any atom is 0.340 e. The lowest BCUT2D eigenvalue weighted by Crippen LogP contribution is -2.48. The SMILES string of the molecule is COC(=O)c1cccc2c1NC(S)C(C)(C)N2. The summed E-state index contributed by atoms with van der Waals surface area (Å²) in [7, 11) is 1.38. The molecule has 2 rings (SSSR count). The van der Waals surface area contributed by atoms with Crippen LogP contribution in [0.1, 0.15) is 24.2 Å². The predicted molar refractivity (Wildman–Crippen MR) is 71.9 cm³/mol.